The van der Waals surface area contributed by atoms with Crippen molar-refractivity contribution in [3.63, 3.8) is 0 Å². The third-order valence-electron chi connectivity index (χ3n) is 3.15. The zero-order valence-corrected chi connectivity index (χ0v) is 11.2. The number of benzene rings is 1. The van der Waals surface area contributed by atoms with Crippen molar-refractivity contribution >= 4 is 15.6 Å². The number of carbonyl (C=O) groups is 1. The highest BCUT2D eigenvalue weighted by atomic mass is 32.2. The molecule has 0 saturated carbocycles. The normalized spacial score (nSPS) is 19.3. The summed E-state index contributed by atoms with van der Waals surface area (Å²) in [6, 6.07) is 7.47. The van der Waals surface area contributed by atoms with Gasteiger partial charge >= 0.3 is 0 Å². The molecule has 2 rings (SSSR count). The van der Waals surface area contributed by atoms with Crippen LogP contribution in [-0.2, 0) is 21.1 Å². The van der Waals surface area contributed by atoms with Gasteiger partial charge < -0.3 is 5.32 Å². The Hall–Kier alpha value is -1.20. The van der Waals surface area contributed by atoms with Gasteiger partial charge in [-0.25, -0.2) is 8.42 Å². The second kappa shape index (κ2) is 5.20. The highest BCUT2D eigenvalue weighted by Crippen LogP contribution is 2.24. The van der Waals surface area contributed by atoms with Crippen LogP contribution in [0.25, 0.3) is 0 Å². The molecule has 4 nitrogen and oxygen atoms in total. The van der Waals surface area contributed by atoms with Crippen LogP contribution in [0.1, 0.15) is 23.6 Å². The van der Waals surface area contributed by atoms with Crippen LogP contribution < -0.4 is 5.32 Å². The molecule has 0 amide bonds. The van der Waals surface area contributed by atoms with Crippen molar-refractivity contribution in [2.75, 3.05) is 18.6 Å². The lowest BCUT2D eigenvalue weighted by Gasteiger charge is -2.25. The van der Waals surface area contributed by atoms with Crippen LogP contribution in [0.3, 0.4) is 0 Å². The highest BCUT2D eigenvalue weighted by Gasteiger charge is 2.25. The minimum Gasteiger partial charge on any atom is -0.303 e. The van der Waals surface area contributed by atoms with Crippen LogP contribution in [-0.4, -0.2) is 32.8 Å². The van der Waals surface area contributed by atoms with Gasteiger partial charge in [0.25, 0.3) is 0 Å². The van der Waals surface area contributed by atoms with Crippen molar-refractivity contribution in [1.82, 2.24) is 5.32 Å². The van der Waals surface area contributed by atoms with E-state index in [9.17, 15) is 13.2 Å². The fourth-order valence-electron chi connectivity index (χ4n) is 2.22. The van der Waals surface area contributed by atoms with E-state index in [1.807, 2.05) is 24.3 Å². The first-order chi connectivity index (χ1) is 8.47. The van der Waals surface area contributed by atoms with Gasteiger partial charge in [-0.3, -0.25) is 4.79 Å². The topological polar surface area (TPSA) is 63.2 Å². The quantitative estimate of drug-likeness (QED) is 0.879. The van der Waals surface area contributed by atoms with E-state index in [1.54, 1.807) is 0 Å². The van der Waals surface area contributed by atoms with E-state index >= 15 is 0 Å². The van der Waals surface area contributed by atoms with Gasteiger partial charge in [0.05, 0.1) is 11.8 Å². The fraction of sp³-hybridized carbons (Fsp3) is 0.462. The first-order valence-electron chi connectivity index (χ1n) is 5.99. The smallest absolute Gasteiger partial charge is 0.155 e. The van der Waals surface area contributed by atoms with E-state index in [1.165, 1.54) is 5.56 Å². The number of fused-ring (bicyclic) bond motifs is 1. The van der Waals surface area contributed by atoms with Gasteiger partial charge in [-0.2, -0.15) is 0 Å². The van der Waals surface area contributed by atoms with Gasteiger partial charge in [0.15, 0.2) is 5.78 Å². The number of carbonyl (C=O) groups excluding carboxylic acids is 1. The second-order valence-corrected chi connectivity index (χ2v) is 6.94. The van der Waals surface area contributed by atoms with Gasteiger partial charge in [0, 0.05) is 19.2 Å². The van der Waals surface area contributed by atoms with Crippen LogP contribution in [0.5, 0.6) is 0 Å². The molecule has 0 bridgehead atoms. The van der Waals surface area contributed by atoms with Gasteiger partial charge in [-0.1, -0.05) is 24.3 Å². The molecule has 1 heterocycles. The van der Waals surface area contributed by atoms with Crippen molar-refractivity contribution < 1.29 is 13.2 Å². The SMILES string of the molecule is CS(=O)(=O)CCC(=O)C1NCCc2ccccc21. The Balaban J connectivity index is 2.13. The molecule has 1 N–H and O–H groups in total. The molecule has 18 heavy (non-hydrogen) atoms. The molecule has 1 aromatic carbocycles. The monoisotopic (exact) mass is 267 g/mol. The van der Waals surface area contributed by atoms with Gasteiger partial charge in [0.2, 0.25) is 0 Å². The van der Waals surface area contributed by atoms with E-state index in [0.29, 0.717) is 0 Å². The van der Waals surface area contributed by atoms with Crippen LogP contribution in [0, 0.1) is 0 Å². The Morgan fingerprint density at radius 3 is 2.83 bits per heavy atom. The first-order valence-corrected chi connectivity index (χ1v) is 8.05. The van der Waals surface area contributed by atoms with Crippen molar-refractivity contribution in [3.8, 4) is 0 Å². The Morgan fingerprint density at radius 2 is 2.11 bits per heavy atom. The van der Waals surface area contributed by atoms with E-state index in [4.69, 9.17) is 0 Å². The van der Waals surface area contributed by atoms with E-state index < -0.39 is 9.84 Å². The van der Waals surface area contributed by atoms with Gasteiger partial charge in [0.1, 0.15) is 9.84 Å². The van der Waals surface area contributed by atoms with Crippen molar-refractivity contribution in [1.29, 1.82) is 0 Å². The van der Waals surface area contributed by atoms with Crippen LogP contribution >= 0.6 is 0 Å². The zero-order chi connectivity index (χ0) is 13.2. The number of ketones is 1. The predicted octanol–water partition coefficient (Wildman–Crippen LogP) is 0.877. The molecule has 0 radical (unpaired) electrons. The Morgan fingerprint density at radius 1 is 1.39 bits per heavy atom. The number of hydrogen-bond acceptors (Lipinski definition) is 4. The number of nitrogens with one attached hydrogen (secondary N) is 1. The molecule has 0 aliphatic carbocycles. The molecule has 5 heteroatoms. The maximum Gasteiger partial charge on any atom is 0.155 e. The number of hydrogen-bond donors (Lipinski definition) is 1. The summed E-state index contributed by atoms with van der Waals surface area (Å²) in [5, 5.41) is 3.17. The summed E-state index contributed by atoms with van der Waals surface area (Å²) in [6.45, 7) is 0.756. The maximum atomic E-state index is 12.1. The first kappa shape index (κ1) is 13.2. The molecule has 0 saturated heterocycles. The average Bonchev–Trinajstić information content (AvgIpc) is 2.34. The summed E-state index contributed by atoms with van der Waals surface area (Å²) in [7, 11) is -3.08. The number of Topliss-reactive ketones (excluding diaryl/α,β-unsaturated/α-hetero) is 1. The summed E-state index contributed by atoms with van der Waals surface area (Å²) >= 11 is 0. The Kier molecular flexibility index (Phi) is 3.82. The average molecular weight is 267 g/mol. The molecule has 1 atom stereocenters. The third-order valence-corrected chi connectivity index (χ3v) is 4.10. The molecule has 1 unspecified atom stereocenters. The van der Waals surface area contributed by atoms with Crippen molar-refractivity contribution in [2.24, 2.45) is 0 Å². The minimum absolute atomic E-state index is 0.0485. The summed E-state index contributed by atoms with van der Waals surface area (Å²) in [5.41, 5.74) is 2.16. The molecule has 0 spiro atoms. The van der Waals surface area contributed by atoms with Crippen molar-refractivity contribution in [2.45, 2.75) is 18.9 Å². The molecule has 0 aromatic heterocycles. The molecule has 0 fully saturated rings. The lowest BCUT2D eigenvalue weighted by molar-refractivity contribution is -0.121. The molecular formula is C13H17NO3S. The molecular weight excluding hydrogens is 250 g/mol. The van der Waals surface area contributed by atoms with Crippen LogP contribution in [0.2, 0.25) is 0 Å². The highest BCUT2D eigenvalue weighted by molar-refractivity contribution is 7.90. The predicted molar refractivity (Wildman–Crippen MR) is 70.2 cm³/mol. The maximum absolute atomic E-state index is 12.1. The summed E-state index contributed by atoms with van der Waals surface area (Å²) in [5.74, 6) is -0.126. The fourth-order valence-corrected chi connectivity index (χ4v) is 2.79. The summed E-state index contributed by atoms with van der Waals surface area (Å²) < 4.78 is 22.2. The lowest BCUT2D eigenvalue weighted by atomic mass is 9.91. The lowest BCUT2D eigenvalue weighted by Crippen LogP contribution is -2.35. The summed E-state index contributed by atoms with van der Waals surface area (Å²) in [4.78, 5) is 12.1. The Labute approximate surface area is 107 Å². The molecule has 98 valence electrons. The van der Waals surface area contributed by atoms with Crippen LogP contribution in [0.15, 0.2) is 24.3 Å². The summed E-state index contributed by atoms with van der Waals surface area (Å²) in [6.07, 6.45) is 2.14. The van der Waals surface area contributed by atoms with E-state index in [0.717, 1.165) is 24.8 Å². The zero-order valence-electron chi connectivity index (χ0n) is 10.3. The second-order valence-electron chi connectivity index (χ2n) is 4.68. The largest absolute Gasteiger partial charge is 0.303 e. The van der Waals surface area contributed by atoms with E-state index in [-0.39, 0.29) is 24.0 Å². The minimum atomic E-state index is -3.08. The van der Waals surface area contributed by atoms with Crippen molar-refractivity contribution in [3.05, 3.63) is 35.4 Å². The molecule has 1 aliphatic rings. The third kappa shape index (κ3) is 3.17. The van der Waals surface area contributed by atoms with E-state index in [2.05, 4.69) is 5.32 Å². The van der Waals surface area contributed by atoms with Gasteiger partial charge in [-0.05, 0) is 17.5 Å². The standard InChI is InChI=1S/C13H17NO3S/c1-18(16,17)9-7-12(15)13-11-5-3-2-4-10(11)6-8-14-13/h2-5,13-14H,6-9H2,1H3. The Bertz CT molecular complexity index is 551. The number of rotatable bonds is 4. The van der Waals surface area contributed by atoms with Gasteiger partial charge in [-0.15, -0.1) is 0 Å². The number of sulfone groups is 1. The molecule has 1 aliphatic heterocycles. The molecule has 1 aromatic rings. The van der Waals surface area contributed by atoms with Crippen LogP contribution in [0.4, 0.5) is 0 Å².